The lowest BCUT2D eigenvalue weighted by Gasteiger charge is -2.23. The summed E-state index contributed by atoms with van der Waals surface area (Å²) in [5, 5.41) is 3.10. The fourth-order valence-electron chi connectivity index (χ4n) is 2.79. The molecular weight excluding hydrogens is 284 g/mol. The molecule has 0 radical (unpaired) electrons. The molecular formula is C20H26N2O. The highest BCUT2D eigenvalue weighted by Crippen LogP contribution is 2.23. The second kappa shape index (κ2) is 7.42. The first kappa shape index (κ1) is 17.2. The molecule has 0 aliphatic heterocycles. The smallest absolute Gasteiger partial charge is 0.225 e. The number of amides is 1. The van der Waals surface area contributed by atoms with Gasteiger partial charge < -0.3 is 11.1 Å². The van der Waals surface area contributed by atoms with Crippen molar-refractivity contribution >= 4 is 5.91 Å². The zero-order valence-electron chi connectivity index (χ0n) is 14.3. The number of hydrogen-bond acceptors (Lipinski definition) is 2. The summed E-state index contributed by atoms with van der Waals surface area (Å²) < 4.78 is 0. The molecule has 0 spiro atoms. The Bertz CT molecular complexity index is 667. The SMILES string of the molecule is Cc1cccc(C(C)NC(=O)C(C)C(N)c2ccccc2)c1C. The Morgan fingerprint density at radius 2 is 1.65 bits per heavy atom. The van der Waals surface area contributed by atoms with E-state index in [0.29, 0.717) is 0 Å². The van der Waals surface area contributed by atoms with Crippen LogP contribution in [-0.4, -0.2) is 5.91 Å². The van der Waals surface area contributed by atoms with Gasteiger partial charge >= 0.3 is 0 Å². The van der Waals surface area contributed by atoms with Crippen LogP contribution in [0.25, 0.3) is 0 Å². The van der Waals surface area contributed by atoms with Gasteiger partial charge in [0.2, 0.25) is 5.91 Å². The van der Waals surface area contributed by atoms with Gasteiger partial charge in [-0.05, 0) is 43.0 Å². The number of nitrogens with one attached hydrogen (secondary N) is 1. The highest BCUT2D eigenvalue weighted by atomic mass is 16.1. The molecule has 23 heavy (non-hydrogen) atoms. The Kier molecular flexibility index (Phi) is 5.56. The maximum absolute atomic E-state index is 12.5. The maximum Gasteiger partial charge on any atom is 0.225 e. The van der Waals surface area contributed by atoms with Crippen molar-refractivity contribution in [1.29, 1.82) is 0 Å². The van der Waals surface area contributed by atoms with Gasteiger partial charge in [0.1, 0.15) is 0 Å². The van der Waals surface area contributed by atoms with Crippen molar-refractivity contribution in [1.82, 2.24) is 5.32 Å². The first-order valence-electron chi connectivity index (χ1n) is 8.08. The van der Waals surface area contributed by atoms with E-state index >= 15 is 0 Å². The molecule has 122 valence electrons. The monoisotopic (exact) mass is 310 g/mol. The van der Waals surface area contributed by atoms with Gasteiger partial charge in [0.05, 0.1) is 12.0 Å². The van der Waals surface area contributed by atoms with Crippen LogP contribution < -0.4 is 11.1 Å². The molecule has 3 heteroatoms. The summed E-state index contributed by atoms with van der Waals surface area (Å²) in [6.45, 7) is 8.07. The number of benzene rings is 2. The molecule has 0 saturated heterocycles. The molecule has 2 rings (SSSR count). The quantitative estimate of drug-likeness (QED) is 0.882. The predicted octanol–water partition coefficient (Wildman–Crippen LogP) is 3.82. The molecule has 3 atom stereocenters. The normalized spacial score (nSPS) is 14.8. The fraction of sp³-hybridized carbons (Fsp3) is 0.350. The van der Waals surface area contributed by atoms with Crippen molar-refractivity contribution < 1.29 is 4.79 Å². The molecule has 3 N–H and O–H groups in total. The van der Waals surface area contributed by atoms with Gasteiger partial charge in [-0.1, -0.05) is 55.5 Å². The molecule has 3 nitrogen and oxygen atoms in total. The Hall–Kier alpha value is -2.13. The van der Waals surface area contributed by atoms with Crippen molar-refractivity contribution in [2.45, 2.75) is 39.8 Å². The molecule has 1 amide bonds. The minimum absolute atomic E-state index is 0.0187. The third kappa shape index (κ3) is 3.99. The van der Waals surface area contributed by atoms with Crippen molar-refractivity contribution in [3.05, 3.63) is 70.8 Å². The van der Waals surface area contributed by atoms with Gasteiger partial charge in [0.15, 0.2) is 0 Å². The minimum atomic E-state index is -0.304. The first-order chi connectivity index (χ1) is 10.9. The van der Waals surface area contributed by atoms with Crippen LogP contribution in [-0.2, 0) is 4.79 Å². The summed E-state index contributed by atoms with van der Waals surface area (Å²) in [5.41, 5.74) is 10.8. The van der Waals surface area contributed by atoms with Crippen LogP contribution in [0.1, 0.15) is 48.2 Å². The van der Waals surface area contributed by atoms with Crippen molar-refractivity contribution in [3.8, 4) is 0 Å². The van der Waals surface area contributed by atoms with E-state index in [1.165, 1.54) is 11.1 Å². The Balaban J connectivity index is 2.07. The van der Waals surface area contributed by atoms with Gasteiger partial charge in [-0.3, -0.25) is 4.79 Å². The van der Waals surface area contributed by atoms with Crippen molar-refractivity contribution in [2.75, 3.05) is 0 Å². The largest absolute Gasteiger partial charge is 0.349 e. The molecule has 0 saturated carbocycles. The van der Waals surface area contributed by atoms with E-state index in [0.717, 1.165) is 11.1 Å². The average molecular weight is 310 g/mol. The van der Waals surface area contributed by atoms with E-state index in [1.54, 1.807) is 0 Å². The van der Waals surface area contributed by atoms with Crippen LogP contribution in [0.2, 0.25) is 0 Å². The third-order valence-corrected chi connectivity index (χ3v) is 4.61. The summed E-state index contributed by atoms with van der Waals surface area (Å²) in [6.07, 6.45) is 0. The van der Waals surface area contributed by atoms with Gasteiger partial charge in [-0.2, -0.15) is 0 Å². The average Bonchev–Trinajstić information content (AvgIpc) is 2.56. The molecule has 0 aliphatic rings. The lowest BCUT2D eigenvalue weighted by atomic mass is 9.93. The minimum Gasteiger partial charge on any atom is -0.349 e. The van der Waals surface area contributed by atoms with Gasteiger partial charge in [-0.25, -0.2) is 0 Å². The van der Waals surface area contributed by atoms with Crippen LogP contribution in [0.15, 0.2) is 48.5 Å². The third-order valence-electron chi connectivity index (χ3n) is 4.61. The lowest BCUT2D eigenvalue weighted by molar-refractivity contribution is -0.125. The molecule has 2 aromatic rings. The molecule has 0 heterocycles. The van der Waals surface area contributed by atoms with Gasteiger partial charge in [0, 0.05) is 6.04 Å². The van der Waals surface area contributed by atoms with E-state index < -0.39 is 0 Å². The van der Waals surface area contributed by atoms with Crippen LogP contribution in [0, 0.1) is 19.8 Å². The van der Waals surface area contributed by atoms with E-state index in [-0.39, 0.29) is 23.9 Å². The number of rotatable bonds is 5. The zero-order valence-corrected chi connectivity index (χ0v) is 14.3. The Morgan fingerprint density at radius 1 is 1.00 bits per heavy atom. The lowest BCUT2D eigenvalue weighted by Crippen LogP contribution is -2.37. The number of carbonyl (C=O) groups is 1. The molecule has 3 unspecified atom stereocenters. The van der Waals surface area contributed by atoms with Crippen LogP contribution in [0.4, 0.5) is 0 Å². The topological polar surface area (TPSA) is 55.1 Å². The summed E-state index contributed by atoms with van der Waals surface area (Å²) in [4.78, 5) is 12.5. The summed E-state index contributed by atoms with van der Waals surface area (Å²) >= 11 is 0. The number of carbonyl (C=O) groups excluding carboxylic acids is 1. The summed E-state index contributed by atoms with van der Waals surface area (Å²) in [6, 6.07) is 15.6. The van der Waals surface area contributed by atoms with Crippen LogP contribution in [0.5, 0.6) is 0 Å². The molecule has 0 aliphatic carbocycles. The Morgan fingerprint density at radius 3 is 2.30 bits per heavy atom. The molecule has 0 fully saturated rings. The summed E-state index contributed by atoms with van der Waals surface area (Å²) in [7, 11) is 0. The van der Waals surface area contributed by atoms with Crippen LogP contribution in [0.3, 0.4) is 0 Å². The number of aryl methyl sites for hydroxylation is 1. The molecule has 0 aromatic heterocycles. The Labute approximate surface area is 138 Å². The first-order valence-corrected chi connectivity index (χ1v) is 8.08. The highest BCUT2D eigenvalue weighted by Gasteiger charge is 2.23. The molecule has 0 bridgehead atoms. The molecule has 2 aromatic carbocycles. The van der Waals surface area contributed by atoms with E-state index in [4.69, 9.17) is 5.73 Å². The number of nitrogens with two attached hydrogens (primary N) is 1. The standard InChI is InChI=1S/C20H26N2O/c1-13-9-8-12-18(14(13)2)16(4)22-20(23)15(3)19(21)17-10-6-5-7-11-17/h5-12,15-16,19H,21H2,1-4H3,(H,22,23). The predicted molar refractivity (Wildman–Crippen MR) is 95.0 cm³/mol. The second-order valence-electron chi connectivity index (χ2n) is 6.24. The van der Waals surface area contributed by atoms with Crippen LogP contribution >= 0.6 is 0 Å². The van der Waals surface area contributed by atoms with E-state index in [9.17, 15) is 4.79 Å². The zero-order chi connectivity index (χ0) is 17.0. The number of hydrogen-bond donors (Lipinski definition) is 2. The highest BCUT2D eigenvalue weighted by molar-refractivity contribution is 5.79. The van der Waals surface area contributed by atoms with Crippen molar-refractivity contribution in [2.24, 2.45) is 11.7 Å². The maximum atomic E-state index is 12.5. The van der Waals surface area contributed by atoms with E-state index in [1.807, 2.05) is 50.2 Å². The van der Waals surface area contributed by atoms with Gasteiger partial charge in [0.25, 0.3) is 0 Å². The second-order valence-corrected chi connectivity index (χ2v) is 6.24. The van der Waals surface area contributed by atoms with Gasteiger partial charge in [-0.15, -0.1) is 0 Å². The fourth-order valence-corrected chi connectivity index (χ4v) is 2.79. The van der Waals surface area contributed by atoms with Crippen molar-refractivity contribution in [3.63, 3.8) is 0 Å². The summed E-state index contributed by atoms with van der Waals surface area (Å²) in [5.74, 6) is -0.306. The van der Waals surface area contributed by atoms with E-state index in [2.05, 4.69) is 31.3 Å².